The first kappa shape index (κ1) is 15.0. The third-order valence-corrected chi connectivity index (χ3v) is 4.50. The molecule has 0 unspecified atom stereocenters. The van der Waals surface area contributed by atoms with Crippen LogP contribution in [0.5, 0.6) is 0 Å². The summed E-state index contributed by atoms with van der Waals surface area (Å²) in [7, 11) is 0. The Hall–Kier alpha value is -1.95. The molecule has 2 bridgehead atoms. The van der Waals surface area contributed by atoms with E-state index in [0.717, 1.165) is 20.9 Å². The number of hydrogen-bond donors (Lipinski definition) is 0. The zero-order valence-corrected chi connectivity index (χ0v) is 12.2. The van der Waals surface area contributed by atoms with Crippen LogP contribution in [-0.2, 0) is 17.1 Å². The lowest BCUT2D eigenvalue weighted by molar-refractivity contribution is -0.170. The number of hydrogen-bond acceptors (Lipinski definition) is 2. The van der Waals surface area contributed by atoms with Crippen LogP contribution in [0.1, 0.15) is 11.1 Å². The average molecular weight is 323 g/mol. The predicted molar refractivity (Wildman–Crippen MR) is 79.7 cm³/mol. The quantitative estimate of drug-likeness (QED) is 0.717. The average Bonchev–Trinajstić information content (AvgIpc) is 2.54. The summed E-state index contributed by atoms with van der Waals surface area (Å²) < 4.78 is 38.7. The van der Waals surface area contributed by atoms with Gasteiger partial charge in [-0.1, -0.05) is 30.3 Å². The zero-order chi connectivity index (χ0) is 15.7. The Morgan fingerprint density at radius 1 is 1.05 bits per heavy atom. The molecule has 1 aliphatic rings. The number of halogens is 3. The molecule has 114 valence electrons. The molecule has 22 heavy (non-hydrogen) atoms. The van der Waals surface area contributed by atoms with E-state index < -0.39 is 12.1 Å². The first-order valence-electron chi connectivity index (χ1n) is 6.63. The van der Waals surface area contributed by atoms with Gasteiger partial charge in [0, 0.05) is 16.3 Å². The van der Waals surface area contributed by atoms with Gasteiger partial charge in [0.25, 0.3) is 0 Å². The van der Waals surface area contributed by atoms with Gasteiger partial charge in [-0.25, -0.2) is 0 Å². The summed E-state index contributed by atoms with van der Waals surface area (Å²) in [6.45, 7) is -0.0848. The number of anilines is 1. The predicted octanol–water partition coefficient (Wildman–Crippen LogP) is 4.39. The molecule has 0 atom stereocenters. The van der Waals surface area contributed by atoms with Crippen molar-refractivity contribution in [1.29, 1.82) is 0 Å². The maximum Gasteiger partial charge on any atom is 0.471 e. The lowest BCUT2D eigenvalue weighted by Crippen LogP contribution is -2.41. The van der Waals surface area contributed by atoms with Gasteiger partial charge < -0.3 is 4.90 Å². The molecular weight excluding hydrogens is 311 g/mol. The zero-order valence-electron chi connectivity index (χ0n) is 11.4. The summed E-state index contributed by atoms with van der Waals surface area (Å²) >= 11 is 1.54. The maximum atomic E-state index is 12.9. The number of fused-ring (bicyclic) bond motifs is 3. The van der Waals surface area contributed by atoms with Crippen LogP contribution >= 0.6 is 11.8 Å². The molecule has 1 amide bonds. The van der Waals surface area contributed by atoms with Gasteiger partial charge in [0.05, 0.1) is 6.54 Å². The molecule has 0 aromatic heterocycles. The second-order valence-corrected chi connectivity index (χ2v) is 5.99. The highest BCUT2D eigenvalue weighted by Gasteiger charge is 2.43. The Morgan fingerprint density at radius 3 is 2.50 bits per heavy atom. The lowest BCUT2D eigenvalue weighted by Gasteiger charge is -2.24. The Balaban J connectivity index is 2.10. The van der Waals surface area contributed by atoms with Crippen molar-refractivity contribution in [3.8, 4) is 0 Å². The summed E-state index contributed by atoms with van der Waals surface area (Å²) in [5.41, 5.74) is 1.94. The van der Waals surface area contributed by atoms with Crippen molar-refractivity contribution in [3.05, 3.63) is 59.7 Å². The molecule has 0 aliphatic carbocycles. The van der Waals surface area contributed by atoms with Gasteiger partial charge in [-0.15, -0.1) is 11.8 Å². The molecule has 0 N–H and O–H groups in total. The number of thioether (sulfide) groups is 1. The van der Waals surface area contributed by atoms with E-state index in [2.05, 4.69) is 0 Å². The van der Waals surface area contributed by atoms with Gasteiger partial charge in [0.1, 0.15) is 0 Å². The summed E-state index contributed by atoms with van der Waals surface area (Å²) in [5.74, 6) is -1.18. The van der Waals surface area contributed by atoms with Gasteiger partial charge in [-0.3, -0.25) is 4.79 Å². The van der Waals surface area contributed by atoms with E-state index in [-0.39, 0.29) is 12.2 Å². The van der Waals surface area contributed by atoms with Gasteiger partial charge in [-0.2, -0.15) is 13.2 Å². The number of alkyl halides is 3. The topological polar surface area (TPSA) is 20.3 Å². The van der Waals surface area contributed by atoms with Crippen molar-refractivity contribution in [3.63, 3.8) is 0 Å². The number of carbonyl (C=O) groups excluding carboxylic acids is 1. The fourth-order valence-electron chi connectivity index (χ4n) is 2.36. The summed E-state index contributed by atoms with van der Waals surface area (Å²) in [4.78, 5) is 13.4. The number of rotatable bonds is 0. The minimum atomic E-state index is -4.90. The van der Waals surface area contributed by atoms with E-state index >= 15 is 0 Å². The van der Waals surface area contributed by atoms with Crippen LogP contribution in [-0.4, -0.2) is 12.1 Å². The van der Waals surface area contributed by atoms with Gasteiger partial charge in [-0.05, 0) is 29.3 Å². The van der Waals surface area contributed by atoms with Crippen LogP contribution in [0.3, 0.4) is 0 Å². The molecule has 0 fully saturated rings. The number of carbonyl (C=O) groups is 1. The second kappa shape index (κ2) is 5.68. The molecule has 2 aromatic rings. The summed E-state index contributed by atoms with van der Waals surface area (Å²) in [5, 5.41) is 0. The van der Waals surface area contributed by atoms with Gasteiger partial charge >= 0.3 is 12.1 Å². The highest BCUT2D eigenvalue weighted by atomic mass is 32.2. The summed E-state index contributed by atoms with van der Waals surface area (Å²) in [6.07, 6.45) is -4.90. The number of amides is 1. The molecule has 1 aliphatic heterocycles. The van der Waals surface area contributed by atoms with Crippen molar-refractivity contribution in [2.45, 2.75) is 23.4 Å². The number of nitrogens with zero attached hydrogens (tertiary/aromatic N) is 1. The third-order valence-electron chi connectivity index (χ3n) is 3.46. The Kier molecular flexibility index (Phi) is 3.87. The van der Waals surface area contributed by atoms with E-state index in [4.69, 9.17) is 0 Å². The molecule has 1 heterocycles. The van der Waals surface area contributed by atoms with Crippen LogP contribution in [0.2, 0.25) is 0 Å². The molecule has 0 saturated carbocycles. The minimum Gasteiger partial charge on any atom is -0.300 e. The molecule has 2 aromatic carbocycles. The van der Waals surface area contributed by atoms with Crippen molar-refractivity contribution in [2.75, 3.05) is 4.90 Å². The minimum absolute atomic E-state index is 0.0848. The SMILES string of the molecule is O=C(N1Cc2ccccc2CSc2cccc1c2)C(F)(F)F. The third kappa shape index (κ3) is 2.97. The van der Waals surface area contributed by atoms with Crippen molar-refractivity contribution < 1.29 is 18.0 Å². The molecule has 0 saturated heterocycles. The molecular formula is C16H12F3NOS. The van der Waals surface area contributed by atoms with E-state index in [9.17, 15) is 18.0 Å². The first-order valence-corrected chi connectivity index (χ1v) is 7.62. The van der Waals surface area contributed by atoms with Crippen molar-refractivity contribution in [2.24, 2.45) is 0 Å². The first-order chi connectivity index (χ1) is 10.4. The Labute approximate surface area is 129 Å². The molecule has 0 spiro atoms. The standard InChI is InChI=1S/C16H12F3NOS/c17-16(18,19)15(21)20-9-11-4-1-2-5-12(11)10-22-14-7-3-6-13(20)8-14/h1-8H,9-10H2. The van der Waals surface area contributed by atoms with Crippen molar-refractivity contribution >= 4 is 23.4 Å². The smallest absolute Gasteiger partial charge is 0.300 e. The molecule has 3 rings (SSSR count). The molecule has 0 radical (unpaired) electrons. The van der Waals surface area contributed by atoms with E-state index in [1.165, 1.54) is 6.07 Å². The highest BCUT2D eigenvalue weighted by Crippen LogP contribution is 2.33. The fourth-order valence-corrected chi connectivity index (χ4v) is 3.34. The second-order valence-electron chi connectivity index (χ2n) is 4.94. The lowest BCUT2D eigenvalue weighted by atomic mass is 10.1. The van der Waals surface area contributed by atoms with Crippen LogP contribution in [0.25, 0.3) is 0 Å². The Bertz CT molecular complexity index is 715. The fraction of sp³-hybridized carbons (Fsp3) is 0.188. The van der Waals surface area contributed by atoms with E-state index in [1.807, 2.05) is 18.2 Å². The van der Waals surface area contributed by atoms with Crippen LogP contribution in [0.4, 0.5) is 18.9 Å². The monoisotopic (exact) mass is 323 g/mol. The van der Waals surface area contributed by atoms with E-state index in [0.29, 0.717) is 5.75 Å². The van der Waals surface area contributed by atoms with Crippen LogP contribution < -0.4 is 4.90 Å². The Morgan fingerprint density at radius 2 is 1.77 bits per heavy atom. The maximum absolute atomic E-state index is 12.9. The van der Waals surface area contributed by atoms with Gasteiger partial charge in [0.15, 0.2) is 0 Å². The van der Waals surface area contributed by atoms with Crippen molar-refractivity contribution in [1.82, 2.24) is 0 Å². The molecule has 2 nitrogen and oxygen atoms in total. The number of benzene rings is 2. The molecule has 6 heteroatoms. The van der Waals surface area contributed by atoms with E-state index in [1.54, 1.807) is 36.0 Å². The van der Waals surface area contributed by atoms with Crippen LogP contribution in [0.15, 0.2) is 53.4 Å². The highest BCUT2D eigenvalue weighted by molar-refractivity contribution is 7.98. The van der Waals surface area contributed by atoms with Gasteiger partial charge in [0.2, 0.25) is 0 Å². The normalized spacial score (nSPS) is 14.6. The van der Waals surface area contributed by atoms with Crippen LogP contribution in [0, 0.1) is 0 Å². The largest absolute Gasteiger partial charge is 0.471 e. The summed E-state index contributed by atoms with van der Waals surface area (Å²) in [6, 6.07) is 13.9.